The van der Waals surface area contributed by atoms with Gasteiger partial charge in [-0.25, -0.2) is 4.99 Å². The number of rotatable bonds is 3. The van der Waals surface area contributed by atoms with Crippen molar-refractivity contribution in [2.75, 3.05) is 24.2 Å². The summed E-state index contributed by atoms with van der Waals surface area (Å²) in [4.78, 5) is 17.3. The van der Waals surface area contributed by atoms with Crippen LogP contribution in [0.25, 0.3) is 0 Å². The third-order valence-corrected chi connectivity index (χ3v) is 4.08. The number of nitriles is 1. The van der Waals surface area contributed by atoms with Crippen LogP contribution in [0.5, 0.6) is 0 Å². The van der Waals surface area contributed by atoms with Crippen molar-refractivity contribution < 1.29 is 9.66 Å². The fourth-order valence-corrected chi connectivity index (χ4v) is 3.00. The molecule has 9 heteroatoms. The van der Waals surface area contributed by atoms with E-state index in [1.54, 1.807) is 24.6 Å². The minimum atomic E-state index is -0.407. The van der Waals surface area contributed by atoms with Crippen LogP contribution in [0.15, 0.2) is 23.2 Å². The van der Waals surface area contributed by atoms with Gasteiger partial charge in [-0.2, -0.15) is 5.26 Å². The first kappa shape index (κ1) is 18.0. The topological polar surface area (TPSA) is 104 Å². The third kappa shape index (κ3) is 4.37. The average Bonchev–Trinajstić information content (AvgIpc) is 2.53. The number of anilines is 1. The van der Waals surface area contributed by atoms with Crippen molar-refractivity contribution in [3.63, 3.8) is 0 Å². The number of benzene rings is 1. The molecule has 0 aromatic heterocycles. The molecule has 1 heterocycles. The predicted octanol–water partition coefficient (Wildman–Crippen LogP) is 2.63. The zero-order valence-corrected chi connectivity index (χ0v) is 14.5. The van der Waals surface area contributed by atoms with Gasteiger partial charge in [0.05, 0.1) is 22.8 Å². The summed E-state index contributed by atoms with van der Waals surface area (Å²) in [7, 11) is 0. The first-order valence-corrected chi connectivity index (χ1v) is 8.63. The SMILES string of the molecule is CSC(=Nc1ccc(N2CC(C)OC(C)C2)c([N+](=O)[O-])c1)NC#N. The van der Waals surface area contributed by atoms with Gasteiger partial charge in [0.25, 0.3) is 5.69 Å². The summed E-state index contributed by atoms with van der Waals surface area (Å²) in [5.74, 6) is 0. The molecule has 1 aromatic rings. The normalized spacial score (nSPS) is 21.2. The van der Waals surface area contributed by atoms with Crippen LogP contribution in [0.3, 0.4) is 0 Å². The lowest BCUT2D eigenvalue weighted by atomic mass is 10.1. The summed E-state index contributed by atoms with van der Waals surface area (Å²) in [6.45, 7) is 5.09. The lowest BCUT2D eigenvalue weighted by Gasteiger charge is -2.36. The highest BCUT2D eigenvalue weighted by molar-refractivity contribution is 8.13. The average molecular weight is 349 g/mol. The molecule has 0 saturated carbocycles. The molecular formula is C15H19N5O3S. The molecule has 1 aliphatic heterocycles. The molecule has 1 saturated heterocycles. The molecule has 8 nitrogen and oxygen atoms in total. The van der Waals surface area contributed by atoms with Crippen LogP contribution in [0.4, 0.5) is 17.1 Å². The van der Waals surface area contributed by atoms with Crippen LogP contribution >= 0.6 is 11.8 Å². The van der Waals surface area contributed by atoms with E-state index in [0.29, 0.717) is 29.6 Å². The van der Waals surface area contributed by atoms with Gasteiger partial charge in [0.2, 0.25) is 0 Å². The van der Waals surface area contributed by atoms with Gasteiger partial charge >= 0.3 is 0 Å². The number of thioether (sulfide) groups is 1. The summed E-state index contributed by atoms with van der Waals surface area (Å²) in [5, 5.41) is 23.0. The molecule has 1 aromatic carbocycles. The molecule has 2 rings (SSSR count). The van der Waals surface area contributed by atoms with E-state index in [1.807, 2.05) is 18.7 Å². The Kier molecular flexibility index (Phi) is 6.00. The van der Waals surface area contributed by atoms with Gasteiger partial charge in [0, 0.05) is 19.2 Å². The van der Waals surface area contributed by atoms with Gasteiger partial charge in [-0.3, -0.25) is 15.4 Å². The summed E-state index contributed by atoms with van der Waals surface area (Å²) >= 11 is 1.26. The van der Waals surface area contributed by atoms with Crippen LogP contribution in [-0.2, 0) is 4.74 Å². The van der Waals surface area contributed by atoms with Crippen LogP contribution in [0.1, 0.15) is 13.8 Å². The number of nitrogens with zero attached hydrogens (tertiary/aromatic N) is 4. The second-order valence-corrected chi connectivity index (χ2v) is 6.25. The maximum absolute atomic E-state index is 11.5. The Hall–Kier alpha value is -2.31. The fraction of sp³-hybridized carbons (Fsp3) is 0.467. The second-order valence-electron chi connectivity index (χ2n) is 5.45. The number of hydrogen-bond donors (Lipinski definition) is 1. The van der Waals surface area contributed by atoms with Crippen LogP contribution in [-0.4, -0.2) is 41.6 Å². The van der Waals surface area contributed by atoms with Crippen molar-refractivity contribution in [3.05, 3.63) is 28.3 Å². The Morgan fingerprint density at radius 1 is 1.50 bits per heavy atom. The first-order valence-electron chi connectivity index (χ1n) is 7.41. The molecule has 1 aliphatic rings. The highest BCUT2D eigenvalue weighted by Crippen LogP contribution is 2.34. The van der Waals surface area contributed by atoms with Crippen molar-refractivity contribution in [2.24, 2.45) is 4.99 Å². The van der Waals surface area contributed by atoms with E-state index < -0.39 is 4.92 Å². The van der Waals surface area contributed by atoms with Crippen LogP contribution in [0.2, 0.25) is 0 Å². The highest BCUT2D eigenvalue weighted by Gasteiger charge is 2.27. The van der Waals surface area contributed by atoms with Gasteiger partial charge < -0.3 is 9.64 Å². The molecule has 0 bridgehead atoms. The molecule has 0 spiro atoms. The maximum atomic E-state index is 11.5. The third-order valence-electron chi connectivity index (χ3n) is 3.50. The van der Waals surface area contributed by atoms with Gasteiger partial charge in [-0.05, 0) is 32.2 Å². The molecule has 0 amide bonds. The summed E-state index contributed by atoms with van der Waals surface area (Å²) in [5.41, 5.74) is 0.974. The van der Waals surface area contributed by atoms with Crippen molar-refractivity contribution in [1.29, 1.82) is 5.26 Å². The van der Waals surface area contributed by atoms with Crippen molar-refractivity contribution in [2.45, 2.75) is 26.1 Å². The lowest BCUT2D eigenvalue weighted by Crippen LogP contribution is -2.45. The van der Waals surface area contributed by atoms with E-state index in [-0.39, 0.29) is 17.9 Å². The van der Waals surface area contributed by atoms with E-state index >= 15 is 0 Å². The number of ether oxygens (including phenoxy) is 1. The highest BCUT2D eigenvalue weighted by atomic mass is 32.2. The number of amidine groups is 1. The standard InChI is InChI=1S/C15H19N5O3S/c1-10-7-19(8-11(2)23-10)13-5-4-12(6-14(13)20(21)22)18-15(24-3)17-9-16/h4-6,10-11H,7-8H2,1-3H3,(H,17,18). The van der Waals surface area contributed by atoms with Gasteiger partial charge in [0.1, 0.15) is 5.69 Å². The van der Waals surface area contributed by atoms with E-state index in [2.05, 4.69) is 10.3 Å². The number of nitrogens with one attached hydrogen (secondary N) is 1. The summed E-state index contributed by atoms with van der Waals surface area (Å²) in [6.07, 6.45) is 3.57. The monoisotopic (exact) mass is 349 g/mol. The van der Waals surface area contributed by atoms with Gasteiger partial charge in [-0.1, -0.05) is 11.8 Å². The predicted molar refractivity (Wildman–Crippen MR) is 94.7 cm³/mol. The Labute approximate surface area is 144 Å². The summed E-state index contributed by atoms with van der Waals surface area (Å²) in [6, 6.07) is 4.84. The Bertz CT molecular complexity index is 678. The Morgan fingerprint density at radius 2 is 2.17 bits per heavy atom. The van der Waals surface area contributed by atoms with Crippen LogP contribution < -0.4 is 10.2 Å². The van der Waals surface area contributed by atoms with Crippen LogP contribution in [0, 0.1) is 21.6 Å². The van der Waals surface area contributed by atoms with Crippen molar-refractivity contribution in [3.8, 4) is 6.19 Å². The molecule has 128 valence electrons. The van der Waals surface area contributed by atoms with E-state index in [1.165, 1.54) is 17.8 Å². The van der Waals surface area contributed by atoms with Gasteiger partial charge in [0.15, 0.2) is 11.4 Å². The minimum Gasteiger partial charge on any atom is -0.372 e. The Balaban J connectivity index is 2.37. The fourth-order valence-electron chi connectivity index (χ4n) is 2.66. The summed E-state index contributed by atoms with van der Waals surface area (Å²) < 4.78 is 5.68. The zero-order chi connectivity index (χ0) is 17.7. The quantitative estimate of drug-likeness (QED) is 0.223. The molecule has 0 radical (unpaired) electrons. The van der Waals surface area contributed by atoms with E-state index in [9.17, 15) is 10.1 Å². The molecule has 2 unspecified atom stereocenters. The molecule has 0 aliphatic carbocycles. The van der Waals surface area contributed by atoms with Crippen molar-refractivity contribution >= 4 is 34.0 Å². The maximum Gasteiger partial charge on any atom is 0.294 e. The van der Waals surface area contributed by atoms with E-state index in [4.69, 9.17) is 10.00 Å². The largest absolute Gasteiger partial charge is 0.372 e. The van der Waals surface area contributed by atoms with E-state index in [0.717, 1.165) is 0 Å². The Morgan fingerprint density at radius 3 is 2.71 bits per heavy atom. The zero-order valence-electron chi connectivity index (χ0n) is 13.7. The number of nitro benzene ring substituents is 1. The number of hydrogen-bond acceptors (Lipinski definition) is 7. The smallest absolute Gasteiger partial charge is 0.294 e. The first-order chi connectivity index (χ1) is 11.4. The molecule has 1 fully saturated rings. The number of aliphatic imine (C=N–C) groups is 1. The second kappa shape index (κ2) is 7.99. The number of nitro groups is 1. The lowest BCUT2D eigenvalue weighted by molar-refractivity contribution is -0.384. The van der Waals surface area contributed by atoms with Gasteiger partial charge in [-0.15, -0.1) is 0 Å². The molecular weight excluding hydrogens is 330 g/mol. The molecule has 1 N–H and O–H groups in total. The minimum absolute atomic E-state index is 0.00467. The number of morpholine rings is 1. The molecule has 2 atom stereocenters. The molecule has 24 heavy (non-hydrogen) atoms. The van der Waals surface area contributed by atoms with Crippen molar-refractivity contribution in [1.82, 2.24) is 5.32 Å².